The first-order valence-corrected chi connectivity index (χ1v) is 6.96. The molecule has 6 heteroatoms. The smallest absolute Gasteiger partial charge is 0.409 e. The van der Waals surface area contributed by atoms with Gasteiger partial charge in [-0.3, -0.25) is 4.90 Å². The number of β-amino-alcohol motifs (C(OH)–C–C–N with tert-alkyl or cyclic N) is 1. The minimum atomic E-state index is -0.475. The van der Waals surface area contributed by atoms with Gasteiger partial charge in [0.1, 0.15) is 0 Å². The van der Waals surface area contributed by atoms with E-state index in [4.69, 9.17) is 9.47 Å². The van der Waals surface area contributed by atoms with Crippen molar-refractivity contribution in [2.45, 2.75) is 33.0 Å². The molecule has 0 aliphatic carbocycles. The van der Waals surface area contributed by atoms with Gasteiger partial charge < -0.3 is 19.5 Å². The summed E-state index contributed by atoms with van der Waals surface area (Å²) in [5, 5.41) is 9.84. The Kier molecular flexibility index (Phi) is 7.12. The third kappa shape index (κ3) is 6.22. The molecule has 1 rings (SSSR count). The maximum Gasteiger partial charge on any atom is 0.409 e. The first kappa shape index (κ1) is 16.2. The fraction of sp³-hybridized carbons (Fsp3) is 0.923. The predicted molar refractivity (Wildman–Crippen MR) is 72.1 cm³/mol. The van der Waals surface area contributed by atoms with E-state index in [1.165, 1.54) is 0 Å². The summed E-state index contributed by atoms with van der Waals surface area (Å²) in [4.78, 5) is 15.4. The van der Waals surface area contributed by atoms with Gasteiger partial charge in [0.25, 0.3) is 0 Å². The van der Waals surface area contributed by atoms with Crippen molar-refractivity contribution in [3.05, 3.63) is 0 Å². The number of aliphatic hydroxyl groups excluding tert-OH is 1. The minimum Gasteiger partial charge on any atom is -0.450 e. The van der Waals surface area contributed by atoms with E-state index in [0.717, 1.165) is 13.1 Å². The number of rotatable bonds is 6. The molecule has 0 radical (unpaired) electrons. The molecule has 0 saturated carbocycles. The van der Waals surface area contributed by atoms with Gasteiger partial charge in [-0.15, -0.1) is 0 Å². The van der Waals surface area contributed by atoms with Crippen molar-refractivity contribution in [1.29, 1.82) is 0 Å². The van der Waals surface area contributed by atoms with E-state index in [-0.39, 0.29) is 12.2 Å². The lowest BCUT2D eigenvalue weighted by Gasteiger charge is -2.34. The number of amides is 1. The topological polar surface area (TPSA) is 62.2 Å². The number of ether oxygens (including phenoxy) is 2. The van der Waals surface area contributed by atoms with E-state index < -0.39 is 6.10 Å². The molecule has 0 spiro atoms. The Morgan fingerprint density at radius 2 is 1.89 bits per heavy atom. The summed E-state index contributed by atoms with van der Waals surface area (Å²) in [6.45, 7) is 9.88. The van der Waals surface area contributed by atoms with Gasteiger partial charge >= 0.3 is 6.09 Å². The molecule has 1 heterocycles. The Morgan fingerprint density at radius 3 is 2.42 bits per heavy atom. The van der Waals surface area contributed by atoms with Crippen molar-refractivity contribution in [2.24, 2.45) is 0 Å². The number of piperazine rings is 1. The van der Waals surface area contributed by atoms with Crippen molar-refractivity contribution < 1.29 is 19.4 Å². The lowest BCUT2D eigenvalue weighted by Crippen LogP contribution is -2.51. The Morgan fingerprint density at radius 1 is 1.26 bits per heavy atom. The zero-order chi connectivity index (χ0) is 14.3. The van der Waals surface area contributed by atoms with Crippen LogP contribution in [0.3, 0.4) is 0 Å². The molecule has 19 heavy (non-hydrogen) atoms. The van der Waals surface area contributed by atoms with E-state index in [2.05, 4.69) is 4.90 Å². The molecule has 1 atom stereocenters. The molecular weight excluding hydrogens is 248 g/mol. The molecule has 0 aromatic rings. The summed E-state index contributed by atoms with van der Waals surface area (Å²) in [5.41, 5.74) is 0. The summed E-state index contributed by atoms with van der Waals surface area (Å²) in [7, 11) is 0. The Hall–Kier alpha value is -0.850. The van der Waals surface area contributed by atoms with Crippen LogP contribution in [0.25, 0.3) is 0 Å². The molecule has 1 aliphatic heterocycles. The Balaban J connectivity index is 2.20. The van der Waals surface area contributed by atoms with E-state index in [1.807, 2.05) is 13.8 Å². The Labute approximate surface area is 115 Å². The molecule has 1 amide bonds. The molecule has 0 aromatic heterocycles. The zero-order valence-electron chi connectivity index (χ0n) is 12.2. The van der Waals surface area contributed by atoms with Crippen molar-refractivity contribution in [3.8, 4) is 0 Å². The van der Waals surface area contributed by atoms with Crippen LogP contribution in [0.2, 0.25) is 0 Å². The molecule has 6 nitrogen and oxygen atoms in total. The van der Waals surface area contributed by atoms with E-state index >= 15 is 0 Å². The lowest BCUT2D eigenvalue weighted by atomic mass is 10.2. The third-order valence-corrected chi connectivity index (χ3v) is 2.99. The van der Waals surface area contributed by atoms with Crippen LogP contribution < -0.4 is 0 Å². The van der Waals surface area contributed by atoms with E-state index in [1.54, 1.807) is 11.8 Å². The second-order valence-electron chi connectivity index (χ2n) is 5.02. The fourth-order valence-corrected chi connectivity index (χ4v) is 1.98. The van der Waals surface area contributed by atoms with Crippen LogP contribution in [-0.4, -0.2) is 79.1 Å². The first-order chi connectivity index (χ1) is 9.02. The zero-order valence-corrected chi connectivity index (χ0v) is 12.2. The SMILES string of the molecule is CCOC(=O)N1CCN(C[C@@H](O)COC(C)C)CC1. The standard InChI is InChI=1S/C13H26N2O4/c1-4-18-13(17)15-7-5-14(6-8-15)9-12(16)10-19-11(2)3/h11-12,16H,4-10H2,1-3H3/t12-/m1/s1. The van der Waals surface area contributed by atoms with E-state index in [0.29, 0.717) is 32.8 Å². The van der Waals surface area contributed by atoms with Gasteiger partial charge in [-0.25, -0.2) is 4.79 Å². The maximum absolute atomic E-state index is 11.5. The number of aliphatic hydroxyl groups is 1. The normalized spacial score (nSPS) is 18.7. The molecule has 112 valence electrons. The van der Waals surface area contributed by atoms with Gasteiger partial charge in [-0.1, -0.05) is 0 Å². The van der Waals surface area contributed by atoms with Crippen LogP contribution in [0.15, 0.2) is 0 Å². The molecule has 1 N–H and O–H groups in total. The number of nitrogens with zero attached hydrogens (tertiary/aromatic N) is 2. The van der Waals surface area contributed by atoms with Crippen molar-refractivity contribution >= 4 is 6.09 Å². The number of hydrogen-bond donors (Lipinski definition) is 1. The number of carbonyl (C=O) groups excluding carboxylic acids is 1. The van der Waals surface area contributed by atoms with Gasteiger partial charge in [-0.05, 0) is 20.8 Å². The third-order valence-electron chi connectivity index (χ3n) is 2.99. The molecule has 1 fully saturated rings. The highest BCUT2D eigenvalue weighted by Crippen LogP contribution is 2.05. The molecular formula is C13H26N2O4. The van der Waals surface area contributed by atoms with Gasteiger partial charge in [0.15, 0.2) is 0 Å². The maximum atomic E-state index is 11.5. The molecule has 1 aliphatic rings. The number of carbonyl (C=O) groups is 1. The predicted octanol–water partition coefficient (Wildman–Crippen LogP) is 0.546. The van der Waals surface area contributed by atoms with Crippen LogP contribution in [0.5, 0.6) is 0 Å². The second kappa shape index (κ2) is 8.35. The van der Waals surface area contributed by atoms with Gasteiger partial charge in [-0.2, -0.15) is 0 Å². The second-order valence-corrected chi connectivity index (χ2v) is 5.02. The van der Waals surface area contributed by atoms with Crippen LogP contribution >= 0.6 is 0 Å². The van der Waals surface area contributed by atoms with Gasteiger partial charge in [0, 0.05) is 32.7 Å². The monoisotopic (exact) mass is 274 g/mol. The van der Waals surface area contributed by atoms with Crippen LogP contribution in [0, 0.1) is 0 Å². The van der Waals surface area contributed by atoms with Crippen molar-refractivity contribution in [2.75, 3.05) is 45.9 Å². The van der Waals surface area contributed by atoms with Crippen LogP contribution in [0.4, 0.5) is 4.79 Å². The minimum absolute atomic E-state index is 0.135. The van der Waals surface area contributed by atoms with E-state index in [9.17, 15) is 9.90 Å². The summed E-state index contributed by atoms with van der Waals surface area (Å²) in [6.07, 6.45) is -0.585. The molecule has 0 unspecified atom stereocenters. The average Bonchev–Trinajstić information content (AvgIpc) is 2.37. The lowest BCUT2D eigenvalue weighted by molar-refractivity contribution is -0.0144. The Bertz CT molecular complexity index is 265. The molecule has 0 bridgehead atoms. The average molecular weight is 274 g/mol. The van der Waals surface area contributed by atoms with Gasteiger partial charge in [0.2, 0.25) is 0 Å². The molecule has 0 aromatic carbocycles. The summed E-state index contributed by atoms with van der Waals surface area (Å²) < 4.78 is 10.3. The highest BCUT2D eigenvalue weighted by atomic mass is 16.6. The van der Waals surface area contributed by atoms with Crippen molar-refractivity contribution in [3.63, 3.8) is 0 Å². The highest BCUT2D eigenvalue weighted by molar-refractivity contribution is 5.67. The first-order valence-electron chi connectivity index (χ1n) is 6.96. The largest absolute Gasteiger partial charge is 0.450 e. The summed E-state index contributed by atoms with van der Waals surface area (Å²) in [6, 6.07) is 0. The summed E-state index contributed by atoms with van der Waals surface area (Å²) in [5.74, 6) is 0. The van der Waals surface area contributed by atoms with Crippen molar-refractivity contribution in [1.82, 2.24) is 9.80 Å². The van der Waals surface area contributed by atoms with Crippen LogP contribution in [0.1, 0.15) is 20.8 Å². The number of hydrogen-bond acceptors (Lipinski definition) is 5. The quantitative estimate of drug-likeness (QED) is 0.766. The summed E-state index contributed by atoms with van der Waals surface area (Å²) >= 11 is 0. The highest BCUT2D eigenvalue weighted by Gasteiger charge is 2.23. The fourth-order valence-electron chi connectivity index (χ4n) is 1.98. The van der Waals surface area contributed by atoms with Crippen LogP contribution in [-0.2, 0) is 9.47 Å². The van der Waals surface area contributed by atoms with Gasteiger partial charge in [0.05, 0.1) is 25.4 Å². The molecule has 1 saturated heterocycles.